The van der Waals surface area contributed by atoms with Gasteiger partial charge in [0.2, 0.25) is 15.9 Å². The fourth-order valence-corrected chi connectivity index (χ4v) is 5.05. The van der Waals surface area contributed by atoms with Crippen molar-refractivity contribution in [3.05, 3.63) is 29.8 Å². The summed E-state index contributed by atoms with van der Waals surface area (Å²) < 4.78 is 26.6. The quantitative estimate of drug-likeness (QED) is 0.632. The third-order valence-electron chi connectivity index (χ3n) is 5.97. The average molecular weight is 466 g/mol. The molecule has 180 valence electrons. The molecule has 2 rings (SSSR count). The maximum absolute atomic E-state index is 12.8. The lowest BCUT2D eigenvalue weighted by molar-refractivity contribution is -0.120. The molecule has 0 aromatic heterocycles. The highest BCUT2D eigenvalue weighted by atomic mass is 32.2. The van der Waals surface area contributed by atoms with Crippen LogP contribution in [-0.2, 0) is 14.8 Å². The molecule has 2 amide bonds. The number of amides is 2. The van der Waals surface area contributed by atoms with Gasteiger partial charge in [-0.1, -0.05) is 0 Å². The minimum Gasteiger partial charge on any atom is -0.334 e. The van der Waals surface area contributed by atoms with E-state index in [-0.39, 0.29) is 35.9 Å². The van der Waals surface area contributed by atoms with Crippen LogP contribution in [-0.4, -0.2) is 48.0 Å². The Hall–Kier alpha value is -1.93. The average Bonchev–Trinajstić information content (AvgIpc) is 2.67. The number of nitrogens with zero attached hydrogens (tertiary/aromatic N) is 1. The number of carbonyl (C=O) groups is 2. The van der Waals surface area contributed by atoms with E-state index in [9.17, 15) is 18.0 Å². The van der Waals surface area contributed by atoms with Crippen molar-refractivity contribution in [2.45, 2.75) is 97.0 Å². The lowest BCUT2D eigenvalue weighted by Crippen LogP contribution is -2.46. The summed E-state index contributed by atoms with van der Waals surface area (Å²) in [5, 5.41) is 2.94. The number of nitrogens with one attached hydrogen (secondary N) is 2. The molecule has 2 N–H and O–H groups in total. The van der Waals surface area contributed by atoms with Crippen LogP contribution in [0.1, 0.15) is 84.5 Å². The first kappa shape index (κ1) is 26.3. The van der Waals surface area contributed by atoms with Gasteiger partial charge in [-0.15, -0.1) is 0 Å². The number of rotatable bonds is 7. The molecule has 32 heavy (non-hydrogen) atoms. The first-order valence-corrected chi connectivity index (χ1v) is 13.0. The molecule has 1 aromatic rings. The molecule has 1 aliphatic carbocycles. The van der Waals surface area contributed by atoms with E-state index in [1.807, 2.05) is 32.6 Å². The molecule has 0 radical (unpaired) electrons. The van der Waals surface area contributed by atoms with Gasteiger partial charge in [0.1, 0.15) is 0 Å². The maximum atomic E-state index is 12.8. The Morgan fingerprint density at radius 1 is 0.938 bits per heavy atom. The molecule has 0 spiro atoms. The van der Waals surface area contributed by atoms with Gasteiger partial charge in [-0.25, -0.2) is 13.1 Å². The van der Waals surface area contributed by atoms with E-state index in [2.05, 4.69) is 10.0 Å². The molecule has 0 unspecified atom stereocenters. The van der Waals surface area contributed by atoms with E-state index in [1.165, 1.54) is 0 Å². The first-order chi connectivity index (χ1) is 14.7. The Balaban J connectivity index is 1.92. The summed E-state index contributed by atoms with van der Waals surface area (Å²) in [5.41, 5.74) is 1.25. The summed E-state index contributed by atoms with van der Waals surface area (Å²) in [4.78, 5) is 27.3. The molecule has 1 aliphatic rings. The minimum atomic E-state index is -3.39. The zero-order valence-corrected chi connectivity index (χ0v) is 21.3. The number of anilines is 1. The Kier molecular flexibility index (Phi) is 8.50. The van der Waals surface area contributed by atoms with Crippen LogP contribution in [0.15, 0.2) is 24.3 Å². The van der Waals surface area contributed by atoms with Crippen molar-refractivity contribution in [2.75, 3.05) is 5.32 Å². The van der Waals surface area contributed by atoms with Crippen molar-refractivity contribution in [3.63, 3.8) is 0 Å². The number of benzene rings is 1. The monoisotopic (exact) mass is 465 g/mol. The largest absolute Gasteiger partial charge is 0.334 e. The molecule has 0 aliphatic heterocycles. The van der Waals surface area contributed by atoms with E-state index in [0.29, 0.717) is 36.9 Å². The number of hydrogen-bond acceptors (Lipinski definition) is 4. The molecule has 0 bridgehead atoms. The molecule has 0 atom stereocenters. The van der Waals surface area contributed by atoms with Crippen molar-refractivity contribution in [1.82, 2.24) is 9.62 Å². The smallest absolute Gasteiger partial charge is 0.254 e. The number of sulfonamides is 1. The van der Waals surface area contributed by atoms with E-state index in [1.54, 1.807) is 45.0 Å². The topological polar surface area (TPSA) is 95.6 Å². The normalized spacial score (nSPS) is 19.8. The van der Waals surface area contributed by atoms with Gasteiger partial charge in [0, 0.05) is 35.3 Å². The second-order valence-corrected chi connectivity index (χ2v) is 12.7. The second kappa shape index (κ2) is 10.3. The predicted octanol–water partition coefficient (Wildman–Crippen LogP) is 4.16. The van der Waals surface area contributed by atoms with E-state index < -0.39 is 14.8 Å². The van der Waals surface area contributed by atoms with Crippen molar-refractivity contribution in [1.29, 1.82) is 0 Å². The molecule has 1 fully saturated rings. The third-order valence-corrected chi connectivity index (χ3v) is 8.23. The Morgan fingerprint density at radius 2 is 1.44 bits per heavy atom. The van der Waals surface area contributed by atoms with Crippen molar-refractivity contribution >= 4 is 27.5 Å². The second-order valence-electron chi connectivity index (χ2n) is 10.2. The maximum Gasteiger partial charge on any atom is 0.254 e. The first-order valence-electron chi connectivity index (χ1n) is 11.5. The highest BCUT2D eigenvalue weighted by Gasteiger charge is 2.34. The number of hydrogen-bond donors (Lipinski definition) is 2. The van der Waals surface area contributed by atoms with Crippen molar-refractivity contribution < 1.29 is 18.0 Å². The lowest BCUT2D eigenvalue weighted by Gasteiger charge is -2.31. The fraction of sp³-hybridized carbons (Fsp3) is 0.667. The molecular formula is C24H39N3O4S. The molecule has 0 saturated heterocycles. The van der Waals surface area contributed by atoms with Gasteiger partial charge in [0.25, 0.3) is 5.91 Å². The molecule has 1 aromatic carbocycles. The third kappa shape index (κ3) is 6.54. The van der Waals surface area contributed by atoms with Crippen molar-refractivity contribution in [2.24, 2.45) is 5.92 Å². The Bertz CT molecular complexity index is 886. The Morgan fingerprint density at radius 3 is 1.88 bits per heavy atom. The number of carbonyl (C=O) groups excluding carboxylic acids is 2. The van der Waals surface area contributed by atoms with Crippen LogP contribution in [0.2, 0.25) is 0 Å². The van der Waals surface area contributed by atoms with Crippen LogP contribution in [0.3, 0.4) is 0 Å². The predicted molar refractivity (Wildman–Crippen MR) is 129 cm³/mol. The molecule has 1 saturated carbocycles. The van der Waals surface area contributed by atoms with Gasteiger partial charge in [0.15, 0.2) is 0 Å². The summed E-state index contributed by atoms with van der Waals surface area (Å²) in [7, 11) is -3.39. The van der Waals surface area contributed by atoms with Gasteiger partial charge in [-0.2, -0.15) is 0 Å². The van der Waals surface area contributed by atoms with Gasteiger partial charge in [0.05, 0.1) is 4.75 Å². The fourth-order valence-electron chi connectivity index (χ4n) is 4.02. The molecule has 8 heteroatoms. The van der Waals surface area contributed by atoms with Crippen LogP contribution < -0.4 is 10.0 Å². The van der Waals surface area contributed by atoms with E-state index >= 15 is 0 Å². The molecule has 7 nitrogen and oxygen atoms in total. The zero-order chi connectivity index (χ0) is 24.3. The van der Waals surface area contributed by atoms with Gasteiger partial charge in [-0.3, -0.25) is 9.59 Å². The summed E-state index contributed by atoms with van der Waals surface area (Å²) in [6.07, 6.45) is 2.55. The summed E-state index contributed by atoms with van der Waals surface area (Å²) in [5.74, 6) is -0.236. The van der Waals surface area contributed by atoms with Crippen LogP contribution in [0, 0.1) is 5.92 Å². The van der Waals surface area contributed by atoms with Crippen LogP contribution in [0.5, 0.6) is 0 Å². The van der Waals surface area contributed by atoms with Gasteiger partial charge in [-0.05, 0) is 98.4 Å². The summed E-state index contributed by atoms with van der Waals surface area (Å²) in [6, 6.07) is 7.08. The van der Waals surface area contributed by atoms with Gasteiger partial charge >= 0.3 is 0 Å². The molecular weight excluding hydrogens is 426 g/mol. The zero-order valence-electron chi connectivity index (χ0n) is 20.4. The molecule has 0 heterocycles. The summed E-state index contributed by atoms with van der Waals surface area (Å²) in [6.45, 7) is 13.0. The van der Waals surface area contributed by atoms with Crippen LogP contribution in [0.4, 0.5) is 5.69 Å². The van der Waals surface area contributed by atoms with Crippen LogP contribution >= 0.6 is 0 Å². The van der Waals surface area contributed by atoms with Crippen molar-refractivity contribution in [3.8, 4) is 0 Å². The minimum absolute atomic E-state index is 0.0242. The van der Waals surface area contributed by atoms with Crippen LogP contribution in [0.25, 0.3) is 0 Å². The SMILES string of the molecule is CC(C)N(C(=O)c1ccc(NC(=O)C2CCC(NS(=O)(=O)C(C)(C)C)CC2)cc1)C(C)C. The lowest BCUT2D eigenvalue weighted by atomic mass is 9.86. The Labute approximate surface area is 193 Å². The van der Waals surface area contributed by atoms with Gasteiger partial charge < -0.3 is 10.2 Å². The van der Waals surface area contributed by atoms with E-state index in [0.717, 1.165) is 0 Å². The highest BCUT2D eigenvalue weighted by Crippen LogP contribution is 2.27. The van der Waals surface area contributed by atoms with E-state index in [4.69, 9.17) is 0 Å². The highest BCUT2D eigenvalue weighted by molar-refractivity contribution is 7.90. The summed E-state index contributed by atoms with van der Waals surface area (Å²) >= 11 is 0. The standard InChI is InChI=1S/C24H39N3O4S/c1-16(2)27(17(3)4)23(29)19-10-12-20(13-11-19)25-22(28)18-8-14-21(15-9-18)26-32(30,31)24(5,6)7/h10-13,16-18,21,26H,8-9,14-15H2,1-7H3,(H,25,28).